The van der Waals surface area contributed by atoms with Crippen LogP contribution < -0.4 is 0 Å². The van der Waals surface area contributed by atoms with Gasteiger partial charge in [0.25, 0.3) is 0 Å². The number of halogens is 2. The van der Waals surface area contributed by atoms with Gasteiger partial charge in [0.05, 0.1) is 0 Å². The topological polar surface area (TPSA) is 0 Å². The summed E-state index contributed by atoms with van der Waals surface area (Å²) < 4.78 is 25.5. The first kappa shape index (κ1) is 9.90. The Kier molecular flexibility index (Phi) is 3.18. The standard InChI is InChI=1S/C11H11F2/c1-3-8(2)6-9-4-5-10(12)7-11(9)13/h3-5,7H,2,6H2,1H3. The van der Waals surface area contributed by atoms with Crippen LogP contribution in [-0.4, -0.2) is 0 Å². The Balaban J connectivity index is 2.90. The minimum absolute atomic E-state index is 0.433. The Morgan fingerprint density at radius 1 is 1.46 bits per heavy atom. The molecule has 13 heavy (non-hydrogen) atoms. The van der Waals surface area contributed by atoms with Crippen LogP contribution >= 0.6 is 0 Å². The lowest BCUT2D eigenvalue weighted by atomic mass is 10.1. The Hall–Kier alpha value is -1.18. The Bertz CT molecular complexity index is 327. The molecule has 1 radical (unpaired) electrons. The van der Waals surface area contributed by atoms with Gasteiger partial charge in [0, 0.05) is 6.07 Å². The average Bonchev–Trinajstić information content (AvgIpc) is 2.09. The molecule has 0 atom stereocenters. The quantitative estimate of drug-likeness (QED) is 0.656. The predicted octanol–water partition coefficient (Wildman–Crippen LogP) is 3.29. The summed E-state index contributed by atoms with van der Waals surface area (Å²) in [5.41, 5.74) is 1.30. The lowest BCUT2D eigenvalue weighted by molar-refractivity contribution is 0.574. The third-order valence-corrected chi connectivity index (χ3v) is 1.84. The molecule has 1 aromatic rings. The van der Waals surface area contributed by atoms with Crippen LogP contribution in [0, 0.1) is 18.6 Å². The molecule has 0 unspecified atom stereocenters. The summed E-state index contributed by atoms with van der Waals surface area (Å²) in [6.07, 6.45) is 2.24. The zero-order valence-electron chi connectivity index (χ0n) is 7.48. The summed E-state index contributed by atoms with van der Waals surface area (Å²) in [6, 6.07) is 3.58. The number of rotatable bonds is 2. The van der Waals surface area contributed by atoms with Crippen LogP contribution in [0.5, 0.6) is 0 Å². The summed E-state index contributed by atoms with van der Waals surface area (Å²) >= 11 is 0. The number of benzene rings is 1. The molecule has 0 amide bonds. The molecule has 0 aliphatic rings. The van der Waals surface area contributed by atoms with Gasteiger partial charge in [-0.15, -0.1) is 0 Å². The minimum atomic E-state index is -0.549. The van der Waals surface area contributed by atoms with Crippen molar-refractivity contribution in [3.8, 4) is 0 Å². The van der Waals surface area contributed by atoms with Gasteiger partial charge in [-0.05, 0) is 31.9 Å². The average molecular weight is 181 g/mol. The fourth-order valence-electron chi connectivity index (χ4n) is 1.01. The smallest absolute Gasteiger partial charge is 0.129 e. The summed E-state index contributed by atoms with van der Waals surface area (Å²) in [7, 11) is 0. The van der Waals surface area contributed by atoms with E-state index in [4.69, 9.17) is 0 Å². The highest BCUT2D eigenvalue weighted by atomic mass is 19.1. The van der Waals surface area contributed by atoms with Crippen molar-refractivity contribution in [1.82, 2.24) is 0 Å². The van der Waals surface area contributed by atoms with E-state index < -0.39 is 11.6 Å². The molecule has 0 saturated carbocycles. The van der Waals surface area contributed by atoms with Crippen molar-refractivity contribution < 1.29 is 8.78 Å². The van der Waals surface area contributed by atoms with E-state index in [0.717, 1.165) is 11.6 Å². The molecule has 0 fully saturated rings. The molecule has 0 aromatic heterocycles. The third kappa shape index (κ3) is 2.65. The molecule has 0 bridgehead atoms. The van der Waals surface area contributed by atoms with Crippen molar-refractivity contribution in [1.29, 1.82) is 0 Å². The molecule has 0 saturated heterocycles. The molecule has 0 aliphatic heterocycles. The van der Waals surface area contributed by atoms with Gasteiger partial charge in [0.1, 0.15) is 11.6 Å². The fraction of sp³-hybridized carbons (Fsp3) is 0.182. The maximum absolute atomic E-state index is 13.1. The van der Waals surface area contributed by atoms with E-state index in [2.05, 4.69) is 6.92 Å². The van der Waals surface area contributed by atoms with E-state index in [-0.39, 0.29) is 0 Å². The van der Waals surface area contributed by atoms with Crippen LogP contribution in [0.1, 0.15) is 12.5 Å². The van der Waals surface area contributed by atoms with Crippen molar-refractivity contribution in [2.24, 2.45) is 0 Å². The second-order valence-electron chi connectivity index (χ2n) is 2.86. The molecule has 0 heterocycles. The number of hydrogen-bond donors (Lipinski definition) is 0. The van der Waals surface area contributed by atoms with Gasteiger partial charge in [0.2, 0.25) is 0 Å². The minimum Gasteiger partial charge on any atom is -0.207 e. The van der Waals surface area contributed by atoms with Crippen molar-refractivity contribution >= 4 is 0 Å². The van der Waals surface area contributed by atoms with Gasteiger partial charge >= 0.3 is 0 Å². The molecule has 2 heteroatoms. The zero-order valence-corrected chi connectivity index (χ0v) is 7.48. The monoisotopic (exact) mass is 181 g/mol. The molecular weight excluding hydrogens is 170 g/mol. The summed E-state index contributed by atoms with van der Waals surface area (Å²) in [5, 5.41) is 0. The Morgan fingerprint density at radius 2 is 2.15 bits per heavy atom. The van der Waals surface area contributed by atoms with Gasteiger partial charge in [-0.3, -0.25) is 0 Å². The number of hydrogen-bond acceptors (Lipinski definition) is 0. The molecule has 69 valence electrons. The molecule has 0 spiro atoms. The number of allylic oxidation sites excluding steroid dienone is 2. The maximum atomic E-state index is 13.1. The lowest BCUT2D eigenvalue weighted by Gasteiger charge is -2.02. The van der Waals surface area contributed by atoms with Crippen LogP contribution in [0.2, 0.25) is 0 Å². The third-order valence-electron chi connectivity index (χ3n) is 1.84. The molecule has 0 aliphatic carbocycles. The first-order valence-electron chi connectivity index (χ1n) is 4.04. The first-order chi connectivity index (χ1) is 6.13. The van der Waals surface area contributed by atoms with Gasteiger partial charge in [-0.1, -0.05) is 17.7 Å². The van der Waals surface area contributed by atoms with E-state index in [1.807, 2.05) is 13.0 Å². The highest BCUT2D eigenvalue weighted by Crippen LogP contribution is 2.13. The van der Waals surface area contributed by atoms with Gasteiger partial charge in [-0.25, -0.2) is 8.78 Å². The second kappa shape index (κ2) is 4.17. The Morgan fingerprint density at radius 3 is 2.69 bits per heavy atom. The SMILES string of the molecule is [CH2]C(=CC)Cc1ccc(F)cc1F. The largest absolute Gasteiger partial charge is 0.207 e. The highest BCUT2D eigenvalue weighted by Gasteiger charge is 2.03. The highest BCUT2D eigenvalue weighted by molar-refractivity contribution is 5.25. The molecule has 1 aromatic carbocycles. The zero-order chi connectivity index (χ0) is 9.84. The van der Waals surface area contributed by atoms with E-state index in [0.29, 0.717) is 12.0 Å². The van der Waals surface area contributed by atoms with Crippen LogP contribution in [0.25, 0.3) is 0 Å². The van der Waals surface area contributed by atoms with E-state index in [1.54, 1.807) is 0 Å². The maximum Gasteiger partial charge on any atom is 0.129 e. The normalized spacial score (nSPS) is 11.8. The predicted molar refractivity (Wildman–Crippen MR) is 49.2 cm³/mol. The van der Waals surface area contributed by atoms with Crippen LogP contribution in [0.15, 0.2) is 29.8 Å². The molecule has 0 N–H and O–H groups in total. The molecule has 1 rings (SSSR count). The van der Waals surface area contributed by atoms with Crippen LogP contribution in [-0.2, 0) is 6.42 Å². The summed E-state index contributed by atoms with van der Waals surface area (Å²) in [4.78, 5) is 0. The van der Waals surface area contributed by atoms with Gasteiger partial charge in [-0.2, -0.15) is 0 Å². The van der Waals surface area contributed by atoms with Crippen LogP contribution in [0.4, 0.5) is 8.78 Å². The van der Waals surface area contributed by atoms with E-state index >= 15 is 0 Å². The molecular formula is C11H11F2. The fourth-order valence-corrected chi connectivity index (χ4v) is 1.01. The van der Waals surface area contributed by atoms with Crippen molar-refractivity contribution in [3.63, 3.8) is 0 Å². The van der Waals surface area contributed by atoms with Crippen molar-refractivity contribution in [2.75, 3.05) is 0 Å². The second-order valence-corrected chi connectivity index (χ2v) is 2.86. The first-order valence-corrected chi connectivity index (χ1v) is 4.04. The van der Waals surface area contributed by atoms with Crippen molar-refractivity contribution in [2.45, 2.75) is 13.3 Å². The summed E-state index contributed by atoms with van der Waals surface area (Å²) in [6.45, 7) is 5.55. The van der Waals surface area contributed by atoms with Gasteiger partial charge in [0.15, 0.2) is 0 Å². The van der Waals surface area contributed by atoms with E-state index in [1.165, 1.54) is 12.1 Å². The van der Waals surface area contributed by atoms with E-state index in [9.17, 15) is 8.78 Å². The van der Waals surface area contributed by atoms with Gasteiger partial charge < -0.3 is 0 Å². The molecule has 0 nitrogen and oxygen atoms in total. The lowest BCUT2D eigenvalue weighted by Crippen LogP contribution is -1.92. The van der Waals surface area contributed by atoms with Crippen LogP contribution in [0.3, 0.4) is 0 Å². The summed E-state index contributed by atoms with van der Waals surface area (Å²) in [5.74, 6) is -1.06. The Labute approximate surface area is 76.9 Å². The van der Waals surface area contributed by atoms with Crippen molar-refractivity contribution in [3.05, 3.63) is 54.0 Å².